The lowest BCUT2D eigenvalue weighted by Crippen LogP contribution is -2.33. The van der Waals surface area contributed by atoms with Gasteiger partial charge in [-0.15, -0.1) is 0 Å². The summed E-state index contributed by atoms with van der Waals surface area (Å²) in [6.45, 7) is 5.85. The van der Waals surface area contributed by atoms with Crippen LogP contribution in [0.1, 0.15) is 25.0 Å². The zero-order valence-corrected chi connectivity index (χ0v) is 11.9. The van der Waals surface area contributed by atoms with Gasteiger partial charge >= 0.3 is 0 Å². The van der Waals surface area contributed by atoms with E-state index >= 15 is 0 Å². The van der Waals surface area contributed by atoms with Gasteiger partial charge in [-0.25, -0.2) is 4.39 Å². The molecular formula is C15H23FN2O2. The van der Waals surface area contributed by atoms with Crippen LogP contribution in [0.3, 0.4) is 0 Å². The molecule has 1 atom stereocenters. The second kappa shape index (κ2) is 7.02. The quantitative estimate of drug-likeness (QED) is 0.876. The highest BCUT2D eigenvalue weighted by Gasteiger charge is 2.20. The van der Waals surface area contributed by atoms with Gasteiger partial charge in [-0.05, 0) is 32.0 Å². The number of halogens is 1. The molecule has 1 aromatic carbocycles. The average molecular weight is 282 g/mol. The Balaban J connectivity index is 2.17. The molecule has 112 valence electrons. The lowest BCUT2D eigenvalue weighted by Gasteiger charge is -2.27. The maximum atomic E-state index is 13.9. The molecule has 1 saturated heterocycles. The number of rotatable bonds is 4. The maximum absolute atomic E-state index is 13.9. The second-order valence-electron chi connectivity index (χ2n) is 5.25. The summed E-state index contributed by atoms with van der Waals surface area (Å²) in [5.74, 6) is -0.353. The van der Waals surface area contributed by atoms with Crippen LogP contribution in [0.5, 0.6) is 0 Å². The topological polar surface area (TPSA) is 46.9 Å². The van der Waals surface area contributed by atoms with Crippen LogP contribution >= 0.6 is 0 Å². The van der Waals surface area contributed by atoms with Crippen molar-refractivity contribution in [2.45, 2.75) is 19.4 Å². The SMILES string of the molecule is C[C@@H](O)c1c(F)cccc1N1CCCN(CCO)CC1. The Kier molecular flexibility index (Phi) is 5.34. The molecule has 1 aliphatic heterocycles. The van der Waals surface area contributed by atoms with Gasteiger partial charge in [0, 0.05) is 37.4 Å². The molecule has 20 heavy (non-hydrogen) atoms. The van der Waals surface area contributed by atoms with Gasteiger partial charge in [0.15, 0.2) is 0 Å². The molecule has 1 aliphatic rings. The fourth-order valence-electron chi connectivity index (χ4n) is 2.79. The zero-order valence-electron chi connectivity index (χ0n) is 11.9. The van der Waals surface area contributed by atoms with E-state index in [-0.39, 0.29) is 12.4 Å². The van der Waals surface area contributed by atoms with Crippen molar-refractivity contribution in [3.8, 4) is 0 Å². The highest BCUT2D eigenvalue weighted by Crippen LogP contribution is 2.29. The fraction of sp³-hybridized carbons (Fsp3) is 0.600. The molecule has 4 nitrogen and oxygen atoms in total. The summed E-state index contributed by atoms with van der Waals surface area (Å²) in [6, 6.07) is 4.95. The highest BCUT2D eigenvalue weighted by atomic mass is 19.1. The van der Waals surface area contributed by atoms with Gasteiger partial charge in [0.1, 0.15) is 5.82 Å². The molecule has 1 heterocycles. The van der Waals surface area contributed by atoms with Crippen molar-refractivity contribution < 1.29 is 14.6 Å². The van der Waals surface area contributed by atoms with Crippen LogP contribution in [0, 0.1) is 5.82 Å². The first-order valence-corrected chi connectivity index (χ1v) is 7.18. The molecule has 0 radical (unpaired) electrons. The molecule has 0 amide bonds. The van der Waals surface area contributed by atoms with Crippen LogP contribution in [-0.2, 0) is 0 Å². The molecule has 0 spiro atoms. The van der Waals surface area contributed by atoms with Crippen molar-refractivity contribution in [1.29, 1.82) is 0 Å². The number of hydrogen-bond acceptors (Lipinski definition) is 4. The lowest BCUT2D eigenvalue weighted by molar-refractivity contribution is 0.194. The third-order valence-corrected chi connectivity index (χ3v) is 3.79. The number of β-amino-alcohol motifs (C(OH)–C–C–N with tert-alkyl or cyclic N) is 1. The van der Waals surface area contributed by atoms with Gasteiger partial charge in [-0.1, -0.05) is 6.07 Å². The largest absolute Gasteiger partial charge is 0.395 e. The monoisotopic (exact) mass is 282 g/mol. The van der Waals surface area contributed by atoms with Crippen LogP contribution in [-0.4, -0.2) is 54.4 Å². The predicted octanol–water partition coefficient (Wildman–Crippen LogP) is 1.38. The number of aliphatic hydroxyl groups excluding tert-OH is 2. The van der Waals surface area contributed by atoms with E-state index in [9.17, 15) is 9.50 Å². The van der Waals surface area contributed by atoms with Gasteiger partial charge in [-0.3, -0.25) is 4.90 Å². The Morgan fingerprint density at radius 3 is 2.75 bits per heavy atom. The third-order valence-electron chi connectivity index (χ3n) is 3.79. The van der Waals surface area contributed by atoms with Gasteiger partial charge in [-0.2, -0.15) is 0 Å². The Morgan fingerprint density at radius 2 is 2.05 bits per heavy atom. The molecule has 5 heteroatoms. The van der Waals surface area contributed by atoms with Crippen molar-refractivity contribution in [2.24, 2.45) is 0 Å². The number of aliphatic hydroxyl groups is 2. The second-order valence-corrected chi connectivity index (χ2v) is 5.25. The Labute approximate surface area is 119 Å². The molecule has 2 N–H and O–H groups in total. The van der Waals surface area contributed by atoms with E-state index in [0.29, 0.717) is 12.1 Å². The highest BCUT2D eigenvalue weighted by molar-refractivity contribution is 5.55. The Hall–Kier alpha value is -1.17. The van der Waals surface area contributed by atoms with Gasteiger partial charge in [0.2, 0.25) is 0 Å². The Bertz CT molecular complexity index is 440. The predicted molar refractivity (Wildman–Crippen MR) is 77.4 cm³/mol. The van der Waals surface area contributed by atoms with E-state index < -0.39 is 6.10 Å². The standard InChI is InChI=1S/C15H23FN2O2/c1-12(20)15-13(16)4-2-5-14(15)18-7-3-6-17(8-9-18)10-11-19/h2,4-5,12,19-20H,3,6-11H2,1H3/t12-/m1/s1. The number of anilines is 1. The molecule has 0 aromatic heterocycles. The minimum atomic E-state index is -0.817. The lowest BCUT2D eigenvalue weighted by atomic mass is 10.1. The summed E-state index contributed by atoms with van der Waals surface area (Å²) in [6.07, 6.45) is 0.151. The molecule has 0 unspecified atom stereocenters. The van der Waals surface area contributed by atoms with E-state index in [1.807, 2.05) is 6.07 Å². The summed E-state index contributed by atoms with van der Waals surface area (Å²) in [5.41, 5.74) is 1.16. The zero-order chi connectivity index (χ0) is 14.5. The molecule has 1 aromatic rings. The van der Waals surface area contributed by atoms with Crippen LogP contribution in [0.25, 0.3) is 0 Å². The molecular weight excluding hydrogens is 259 g/mol. The van der Waals surface area contributed by atoms with Crippen molar-refractivity contribution in [1.82, 2.24) is 4.90 Å². The van der Waals surface area contributed by atoms with Crippen molar-refractivity contribution in [2.75, 3.05) is 44.2 Å². The smallest absolute Gasteiger partial charge is 0.131 e. The number of hydrogen-bond donors (Lipinski definition) is 2. The Morgan fingerprint density at radius 1 is 1.25 bits per heavy atom. The normalized spacial score (nSPS) is 18.9. The van der Waals surface area contributed by atoms with Crippen LogP contribution in [0.2, 0.25) is 0 Å². The summed E-state index contributed by atoms with van der Waals surface area (Å²) in [5, 5.41) is 18.8. The van der Waals surface area contributed by atoms with E-state index in [4.69, 9.17) is 5.11 Å². The summed E-state index contributed by atoms with van der Waals surface area (Å²) < 4.78 is 13.9. The van der Waals surface area contributed by atoms with Crippen molar-refractivity contribution in [3.05, 3.63) is 29.6 Å². The fourth-order valence-corrected chi connectivity index (χ4v) is 2.79. The van der Waals surface area contributed by atoms with Crippen molar-refractivity contribution in [3.63, 3.8) is 0 Å². The summed E-state index contributed by atoms with van der Waals surface area (Å²) in [4.78, 5) is 4.34. The first-order chi connectivity index (χ1) is 9.63. The van der Waals surface area contributed by atoms with E-state index in [2.05, 4.69) is 9.80 Å². The van der Waals surface area contributed by atoms with Gasteiger partial charge in [0.25, 0.3) is 0 Å². The molecule has 2 rings (SSSR count). The van der Waals surface area contributed by atoms with Gasteiger partial charge < -0.3 is 15.1 Å². The third kappa shape index (κ3) is 3.48. The minimum Gasteiger partial charge on any atom is -0.395 e. The summed E-state index contributed by atoms with van der Waals surface area (Å²) in [7, 11) is 0. The number of benzene rings is 1. The molecule has 0 saturated carbocycles. The van der Waals surface area contributed by atoms with Gasteiger partial charge in [0.05, 0.1) is 12.7 Å². The number of nitrogens with zero attached hydrogens (tertiary/aromatic N) is 2. The van der Waals surface area contributed by atoms with E-state index in [1.165, 1.54) is 6.07 Å². The molecule has 1 fully saturated rings. The van der Waals surface area contributed by atoms with Crippen LogP contribution < -0.4 is 4.90 Å². The summed E-state index contributed by atoms with van der Waals surface area (Å²) >= 11 is 0. The maximum Gasteiger partial charge on any atom is 0.131 e. The van der Waals surface area contributed by atoms with E-state index in [0.717, 1.165) is 38.3 Å². The average Bonchev–Trinajstić information content (AvgIpc) is 2.64. The minimum absolute atomic E-state index is 0.166. The first kappa shape index (κ1) is 15.2. The van der Waals surface area contributed by atoms with Crippen LogP contribution in [0.4, 0.5) is 10.1 Å². The molecule has 0 aliphatic carbocycles. The van der Waals surface area contributed by atoms with Crippen molar-refractivity contribution >= 4 is 5.69 Å². The van der Waals surface area contributed by atoms with E-state index in [1.54, 1.807) is 13.0 Å². The molecule has 0 bridgehead atoms. The van der Waals surface area contributed by atoms with Crippen LogP contribution in [0.15, 0.2) is 18.2 Å². The first-order valence-electron chi connectivity index (χ1n) is 7.18.